The zero-order valence-electron chi connectivity index (χ0n) is 5.63. The Hall–Kier alpha value is -1.57. The quantitative estimate of drug-likeness (QED) is 0.394. The van der Waals surface area contributed by atoms with E-state index in [1.807, 2.05) is 0 Å². The predicted octanol–water partition coefficient (Wildman–Crippen LogP) is -1.31. The van der Waals surface area contributed by atoms with Gasteiger partial charge in [-0.25, -0.2) is 4.39 Å². The van der Waals surface area contributed by atoms with Crippen LogP contribution in [-0.2, 0) is 9.59 Å². The van der Waals surface area contributed by atoms with Crippen LogP contribution in [0.1, 0.15) is 6.42 Å². The molecular weight excluding hydrogens is 151 g/mol. The van der Waals surface area contributed by atoms with E-state index >= 15 is 0 Å². The maximum Gasteiger partial charge on any atom is 0.275 e. The van der Waals surface area contributed by atoms with Crippen LogP contribution in [0, 0.1) is 12.3 Å². The third kappa shape index (κ3) is 1.67. The Kier molecular flexibility index (Phi) is 2.58. The molecule has 4 nitrogen and oxygen atoms in total. The summed E-state index contributed by atoms with van der Waals surface area (Å²) in [6.45, 7) is 0. The smallest absolute Gasteiger partial charge is 0.275 e. The number of amides is 2. The van der Waals surface area contributed by atoms with Gasteiger partial charge in [0.05, 0.1) is 6.42 Å². The molecule has 0 unspecified atom stereocenters. The number of rotatable bonds is 3. The van der Waals surface area contributed by atoms with Crippen molar-refractivity contribution in [3.63, 3.8) is 0 Å². The molecule has 0 bridgehead atoms. The van der Waals surface area contributed by atoms with Gasteiger partial charge in [-0.1, -0.05) is 0 Å². The molecule has 0 heterocycles. The number of alkyl halides is 1. The van der Waals surface area contributed by atoms with Gasteiger partial charge in [-0.15, -0.1) is 12.3 Å². The average molecular weight is 158 g/mol. The van der Waals surface area contributed by atoms with Gasteiger partial charge in [0.2, 0.25) is 0 Å². The van der Waals surface area contributed by atoms with Gasteiger partial charge < -0.3 is 11.5 Å². The molecule has 0 aromatic carbocycles. The zero-order chi connectivity index (χ0) is 9.07. The Morgan fingerprint density at radius 2 is 1.82 bits per heavy atom. The molecule has 60 valence electrons. The van der Waals surface area contributed by atoms with Crippen molar-refractivity contribution in [2.75, 3.05) is 0 Å². The van der Waals surface area contributed by atoms with Crippen molar-refractivity contribution < 1.29 is 14.0 Å². The van der Waals surface area contributed by atoms with Gasteiger partial charge in [0.1, 0.15) is 0 Å². The zero-order valence-corrected chi connectivity index (χ0v) is 5.63. The van der Waals surface area contributed by atoms with Crippen LogP contribution in [0.3, 0.4) is 0 Å². The van der Waals surface area contributed by atoms with Crippen LogP contribution in [0.2, 0.25) is 0 Å². The van der Waals surface area contributed by atoms with Crippen molar-refractivity contribution in [3.05, 3.63) is 0 Å². The summed E-state index contributed by atoms with van der Waals surface area (Å²) in [5, 5.41) is 0. The largest absolute Gasteiger partial charge is 0.366 e. The first-order valence-corrected chi connectivity index (χ1v) is 2.67. The molecule has 0 spiro atoms. The number of carbonyl (C=O) groups is 2. The van der Waals surface area contributed by atoms with Crippen LogP contribution >= 0.6 is 0 Å². The van der Waals surface area contributed by atoms with Gasteiger partial charge in [0.25, 0.3) is 17.5 Å². The molecule has 0 aromatic rings. The standard InChI is InChI=1S/C6H7FN2O2/c1-2-3-6(7,4(8)10)5(9)11/h1H,3H2,(H2,8,10)(H2,9,11). The Labute approximate surface area is 62.7 Å². The number of terminal acetylenes is 1. The number of primary amides is 2. The molecule has 0 radical (unpaired) electrons. The highest BCUT2D eigenvalue weighted by atomic mass is 19.1. The summed E-state index contributed by atoms with van der Waals surface area (Å²) in [4.78, 5) is 20.6. The molecule has 0 atom stereocenters. The van der Waals surface area contributed by atoms with Crippen molar-refractivity contribution in [3.8, 4) is 12.3 Å². The molecular formula is C6H7FN2O2. The molecule has 4 N–H and O–H groups in total. The third-order valence-electron chi connectivity index (χ3n) is 1.13. The highest BCUT2D eigenvalue weighted by molar-refractivity contribution is 6.07. The minimum Gasteiger partial charge on any atom is -0.366 e. The van der Waals surface area contributed by atoms with Crippen LogP contribution in [0.15, 0.2) is 0 Å². The first-order chi connectivity index (χ1) is 4.95. The molecule has 0 aliphatic heterocycles. The number of hydrogen-bond donors (Lipinski definition) is 2. The minimum absolute atomic E-state index is 0.725. The lowest BCUT2D eigenvalue weighted by Gasteiger charge is -2.13. The van der Waals surface area contributed by atoms with E-state index in [-0.39, 0.29) is 0 Å². The lowest BCUT2D eigenvalue weighted by molar-refractivity contribution is -0.141. The van der Waals surface area contributed by atoms with E-state index in [4.69, 9.17) is 0 Å². The van der Waals surface area contributed by atoms with E-state index in [9.17, 15) is 14.0 Å². The second-order valence-electron chi connectivity index (χ2n) is 1.91. The molecule has 2 amide bonds. The third-order valence-corrected chi connectivity index (χ3v) is 1.13. The fraction of sp³-hybridized carbons (Fsp3) is 0.333. The van der Waals surface area contributed by atoms with Crippen molar-refractivity contribution in [2.24, 2.45) is 11.5 Å². The normalized spacial score (nSPS) is 10.2. The van der Waals surface area contributed by atoms with Crippen LogP contribution in [0.4, 0.5) is 4.39 Å². The summed E-state index contributed by atoms with van der Waals surface area (Å²) in [6.07, 6.45) is 3.96. The van der Waals surface area contributed by atoms with Gasteiger partial charge in [-0.3, -0.25) is 9.59 Å². The van der Waals surface area contributed by atoms with Crippen LogP contribution in [0.25, 0.3) is 0 Å². The van der Waals surface area contributed by atoms with E-state index in [0.717, 1.165) is 0 Å². The molecule has 0 aliphatic carbocycles. The second-order valence-corrected chi connectivity index (χ2v) is 1.91. The minimum atomic E-state index is -2.91. The molecule has 0 rings (SSSR count). The highest BCUT2D eigenvalue weighted by Gasteiger charge is 2.42. The fourth-order valence-corrected chi connectivity index (χ4v) is 0.436. The maximum absolute atomic E-state index is 12.9. The summed E-state index contributed by atoms with van der Waals surface area (Å²) >= 11 is 0. The molecule has 0 saturated heterocycles. The van der Waals surface area contributed by atoms with Crippen molar-refractivity contribution in [1.82, 2.24) is 0 Å². The molecule has 0 aromatic heterocycles. The molecule has 5 heteroatoms. The Morgan fingerprint density at radius 3 is 1.91 bits per heavy atom. The van der Waals surface area contributed by atoms with Gasteiger partial charge in [-0.2, -0.15) is 0 Å². The second kappa shape index (κ2) is 3.01. The van der Waals surface area contributed by atoms with E-state index in [1.54, 1.807) is 5.92 Å². The first-order valence-electron chi connectivity index (χ1n) is 2.67. The van der Waals surface area contributed by atoms with Crippen LogP contribution < -0.4 is 11.5 Å². The first kappa shape index (κ1) is 9.43. The Balaban J connectivity index is 4.70. The molecule has 0 aliphatic rings. The predicted molar refractivity (Wildman–Crippen MR) is 35.7 cm³/mol. The lowest BCUT2D eigenvalue weighted by Crippen LogP contribution is -2.50. The highest BCUT2D eigenvalue weighted by Crippen LogP contribution is 2.13. The van der Waals surface area contributed by atoms with Crippen LogP contribution in [-0.4, -0.2) is 17.5 Å². The summed E-state index contributed by atoms with van der Waals surface area (Å²) in [6, 6.07) is 0. The van der Waals surface area contributed by atoms with E-state index in [1.165, 1.54) is 0 Å². The number of carbonyl (C=O) groups excluding carboxylic acids is 2. The van der Waals surface area contributed by atoms with Crippen molar-refractivity contribution in [1.29, 1.82) is 0 Å². The maximum atomic E-state index is 12.9. The lowest BCUT2D eigenvalue weighted by atomic mass is 10.0. The topological polar surface area (TPSA) is 86.2 Å². The van der Waals surface area contributed by atoms with Gasteiger partial charge >= 0.3 is 0 Å². The Morgan fingerprint density at radius 1 is 1.45 bits per heavy atom. The van der Waals surface area contributed by atoms with Gasteiger partial charge in [0.15, 0.2) is 0 Å². The number of hydrogen-bond acceptors (Lipinski definition) is 2. The van der Waals surface area contributed by atoms with Gasteiger partial charge in [0, 0.05) is 0 Å². The average Bonchev–Trinajstić information content (AvgIpc) is 1.87. The van der Waals surface area contributed by atoms with E-state index in [0.29, 0.717) is 0 Å². The molecule has 0 saturated carbocycles. The Bertz CT molecular complexity index is 217. The monoisotopic (exact) mass is 158 g/mol. The van der Waals surface area contributed by atoms with Crippen LogP contribution in [0.5, 0.6) is 0 Å². The summed E-state index contributed by atoms with van der Waals surface area (Å²) < 4.78 is 12.9. The summed E-state index contributed by atoms with van der Waals surface area (Å²) in [5.74, 6) is -1.12. The summed E-state index contributed by atoms with van der Waals surface area (Å²) in [7, 11) is 0. The SMILES string of the molecule is C#CCC(F)(C(N)=O)C(N)=O. The van der Waals surface area contributed by atoms with Gasteiger partial charge in [-0.05, 0) is 0 Å². The molecule has 0 fully saturated rings. The number of nitrogens with two attached hydrogens (primary N) is 2. The van der Waals surface area contributed by atoms with E-state index in [2.05, 4.69) is 17.9 Å². The number of halogens is 1. The molecule has 11 heavy (non-hydrogen) atoms. The van der Waals surface area contributed by atoms with Crippen molar-refractivity contribution >= 4 is 11.8 Å². The van der Waals surface area contributed by atoms with E-state index < -0.39 is 23.9 Å². The van der Waals surface area contributed by atoms with Crippen molar-refractivity contribution in [2.45, 2.75) is 12.1 Å². The fourth-order valence-electron chi connectivity index (χ4n) is 0.436. The summed E-state index contributed by atoms with van der Waals surface area (Å²) in [5.41, 5.74) is 6.19.